The third-order valence-electron chi connectivity index (χ3n) is 4.59. The second-order valence-electron chi connectivity index (χ2n) is 6.10. The summed E-state index contributed by atoms with van der Waals surface area (Å²) in [6.07, 6.45) is 6.92. The Morgan fingerprint density at radius 1 is 1.19 bits per heavy atom. The van der Waals surface area contributed by atoms with E-state index in [0.717, 1.165) is 5.82 Å². The molecule has 0 spiro atoms. The average molecular weight is 284 g/mol. The van der Waals surface area contributed by atoms with Gasteiger partial charge in [0.05, 0.1) is 6.04 Å². The normalized spacial score (nSPS) is 23.9. The van der Waals surface area contributed by atoms with E-state index >= 15 is 0 Å². The fourth-order valence-electron chi connectivity index (χ4n) is 3.51. The maximum absolute atomic E-state index is 4.23. The number of benzene rings is 1. The number of nitrogens with one attached hydrogen (secondary N) is 1. The zero-order valence-corrected chi connectivity index (χ0v) is 12.9. The van der Waals surface area contributed by atoms with Crippen LogP contribution in [0.5, 0.6) is 0 Å². The summed E-state index contributed by atoms with van der Waals surface area (Å²) >= 11 is 0. The van der Waals surface area contributed by atoms with Gasteiger partial charge in [0.1, 0.15) is 12.2 Å². The minimum atomic E-state index is 0.229. The van der Waals surface area contributed by atoms with Crippen LogP contribution in [0.15, 0.2) is 36.7 Å². The molecule has 3 atom stereocenters. The van der Waals surface area contributed by atoms with Crippen molar-refractivity contribution in [1.82, 2.24) is 20.1 Å². The van der Waals surface area contributed by atoms with Gasteiger partial charge in [0.25, 0.3) is 0 Å². The molecular weight excluding hydrogens is 260 g/mol. The van der Waals surface area contributed by atoms with Crippen molar-refractivity contribution in [2.45, 2.75) is 50.6 Å². The van der Waals surface area contributed by atoms with E-state index in [2.05, 4.69) is 52.8 Å². The first-order valence-corrected chi connectivity index (χ1v) is 7.90. The number of aryl methyl sites for hydroxylation is 1. The van der Waals surface area contributed by atoms with Gasteiger partial charge >= 0.3 is 0 Å². The number of aromatic nitrogens is 3. The fraction of sp³-hybridized carbons (Fsp3) is 0.529. The van der Waals surface area contributed by atoms with Crippen LogP contribution in [0.4, 0.5) is 0 Å². The maximum atomic E-state index is 4.23. The molecular formula is C17H24N4. The topological polar surface area (TPSA) is 42.7 Å². The first-order chi connectivity index (χ1) is 10.3. The minimum Gasteiger partial charge on any atom is -0.319 e. The van der Waals surface area contributed by atoms with Crippen molar-refractivity contribution in [2.75, 3.05) is 0 Å². The predicted molar refractivity (Wildman–Crippen MR) is 84.0 cm³/mol. The predicted octanol–water partition coefficient (Wildman–Crippen LogP) is 3.19. The summed E-state index contributed by atoms with van der Waals surface area (Å²) in [6.45, 7) is 2.18. The molecule has 1 N–H and O–H groups in total. The van der Waals surface area contributed by atoms with Crippen LogP contribution in [0.2, 0.25) is 0 Å². The molecule has 3 unspecified atom stereocenters. The summed E-state index contributed by atoms with van der Waals surface area (Å²) in [5.41, 5.74) is 1.46. The molecule has 1 heterocycles. The molecule has 21 heavy (non-hydrogen) atoms. The lowest BCUT2D eigenvalue weighted by atomic mass is 9.79. The summed E-state index contributed by atoms with van der Waals surface area (Å²) in [5.74, 6) is 1.61. The maximum Gasteiger partial charge on any atom is 0.149 e. The van der Waals surface area contributed by atoms with E-state index in [1.807, 2.05) is 11.6 Å². The largest absolute Gasteiger partial charge is 0.319 e. The lowest BCUT2D eigenvalue weighted by Crippen LogP contribution is -2.39. The molecule has 3 rings (SSSR count). The fourth-order valence-corrected chi connectivity index (χ4v) is 3.51. The highest BCUT2D eigenvalue weighted by molar-refractivity contribution is 5.22. The molecule has 2 aromatic rings. The molecule has 1 aromatic carbocycles. The molecule has 0 radical (unpaired) electrons. The van der Waals surface area contributed by atoms with Crippen LogP contribution in [-0.2, 0) is 7.05 Å². The lowest BCUT2D eigenvalue weighted by Gasteiger charge is -2.34. The summed E-state index contributed by atoms with van der Waals surface area (Å²) in [5, 5.41) is 12.0. The molecule has 1 saturated carbocycles. The van der Waals surface area contributed by atoms with Gasteiger partial charge in [0.2, 0.25) is 0 Å². The van der Waals surface area contributed by atoms with E-state index in [1.165, 1.54) is 31.2 Å². The van der Waals surface area contributed by atoms with Crippen LogP contribution in [-0.4, -0.2) is 20.8 Å². The van der Waals surface area contributed by atoms with Gasteiger partial charge in [-0.2, -0.15) is 0 Å². The lowest BCUT2D eigenvalue weighted by molar-refractivity contribution is 0.300. The summed E-state index contributed by atoms with van der Waals surface area (Å²) in [6, 6.07) is 11.7. The van der Waals surface area contributed by atoms with Gasteiger partial charge in [-0.15, -0.1) is 10.2 Å². The monoisotopic (exact) mass is 284 g/mol. The zero-order valence-electron chi connectivity index (χ0n) is 12.9. The molecule has 4 nitrogen and oxygen atoms in total. The average Bonchev–Trinajstić information content (AvgIpc) is 2.95. The summed E-state index contributed by atoms with van der Waals surface area (Å²) in [4.78, 5) is 0. The number of rotatable bonds is 4. The van der Waals surface area contributed by atoms with Gasteiger partial charge in [-0.25, -0.2) is 0 Å². The second kappa shape index (κ2) is 6.39. The molecule has 1 aliphatic rings. The Balaban J connectivity index is 1.74. The van der Waals surface area contributed by atoms with Gasteiger partial charge in [-0.1, -0.05) is 43.2 Å². The standard InChI is InChI=1S/C17H24N4/c1-13(17-20-18-12-21(17)2)19-16-11-7-6-10-15(16)14-8-4-3-5-9-14/h3-5,8-9,12-13,15-16,19H,6-7,10-11H2,1-2H3. The Hall–Kier alpha value is -1.68. The van der Waals surface area contributed by atoms with Gasteiger partial charge in [0.15, 0.2) is 0 Å². The zero-order chi connectivity index (χ0) is 14.7. The van der Waals surface area contributed by atoms with Gasteiger partial charge in [0, 0.05) is 13.1 Å². The van der Waals surface area contributed by atoms with E-state index < -0.39 is 0 Å². The van der Waals surface area contributed by atoms with E-state index in [9.17, 15) is 0 Å². The number of nitrogens with zero attached hydrogens (tertiary/aromatic N) is 3. The van der Waals surface area contributed by atoms with Crippen LogP contribution in [0.25, 0.3) is 0 Å². The van der Waals surface area contributed by atoms with Crippen LogP contribution in [0, 0.1) is 0 Å². The summed E-state index contributed by atoms with van der Waals surface area (Å²) in [7, 11) is 2.00. The van der Waals surface area contributed by atoms with Crippen molar-refractivity contribution in [3.63, 3.8) is 0 Å². The summed E-state index contributed by atoms with van der Waals surface area (Å²) < 4.78 is 2.00. The quantitative estimate of drug-likeness (QED) is 0.937. The van der Waals surface area contributed by atoms with Crippen molar-refractivity contribution in [1.29, 1.82) is 0 Å². The first kappa shape index (κ1) is 14.3. The molecule has 0 aliphatic heterocycles. The Morgan fingerprint density at radius 3 is 2.67 bits per heavy atom. The third-order valence-corrected chi connectivity index (χ3v) is 4.59. The van der Waals surface area contributed by atoms with Crippen molar-refractivity contribution in [3.8, 4) is 0 Å². The molecule has 0 bridgehead atoms. The van der Waals surface area contributed by atoms with Gasteiger partial charge in [-0.05, 0) is 31.2 Å². The van der Waals surface area contributed by atoms with Crippen LogP contribution < -0.4 is 5.32 Å². The highest BCUT2D eigenvalue weighted by Gasteiger charge is 2.28. The van der Waals surface area contributed by atoms with Crippen LogP contribution in [0.1, 0.15) is 56.0 Å². The van der Waals surface area contributed by atoms with Crippen molar-refractivity contribution >= 4 is 0 Å². The molecule has 1 aromatic heterocycles. The highest BCUT2D eigenvalue weighted by atomic mass is 15.3. The Bertz CT molecular complexity index is 563. The third kappa shape index (κ3) is 3.16. The van der Waals surface area contributed by atoms with Crippen LogP contribution >= 0.6 is 0 Å². The van der Waals surface area contributed by atoms with Crippen molar-refractivity contribution in [3.05, 3.63) is 48.0 Å². The second-order valence-corrected chi connectivity index (χ2v) is 6.10. The van der Waals surface area contributed by atoms with E-state index in [0.29, 0.717) is 12.0 Å². The molecule has 0 amide bonds. The first-order valence-electron chi connectivity index (χ1n) is 7.90. The molecule has 1 fully saturated rings. The van der Waals surface area contributed by atoms with E-state index in [-0.39, 0.29) is 6.04 Å². The smallest absolute Gasteiger partial charge is 0.149 e. The van der Waals surface area contributed by atoms with Crippen molar-refractivity contribution in [2.24, 2.45) is 7.05 Å². The highest BCUT2D eigenvalue weighted by Crippen LogP contribution is 2.34. The molecule has 4 heteroatoms. The Morgan fingerprint density at radius 2 is 1.95 bits per heavy atom. The van der Waals surface area contributed by atoms with E-state index in [4.69, 9.17) is 0 Å². The molecule has 1 aliphatic carbocycles. The molecule has 0 saturated heterocycles. The minimum absolute atomic E-state index is 0.229. The molecule has 112 valence electrons. The van der Waals surface area contributed by atoms with E-state index in [1.54, 1.807) is 6.33 Å². The van der Waals surface area contributed by atoms with Crippen molar-refractivity contribution < 1.29 is 0 Å². The SMILES string of the molecule is CC(NC1CCCCC1c1ccccc1)c1nncn1C. The van der Waals surface area contributed by atoms with Crippen LogP contribution in [0.3, 0.4) is 0 Å². The van der Waals surface area contributed by atoms with Gasteiger partial charge < -0.3 is 9.88 Å². The Kier molecular flexibility index (Phi) is 4.34. The number of hydrogen-bond acceptors (Lipinski definition) is 3. The Labute approximate surface area is 126 Å². The van der Waals surface area contributed by atoms with Gasteiger partial charge in [-0.3, -0.25) is 0 Å². The number of hydrogen-bond donors (Lipinski definition) is 1.